The fourth-order valence-corrected chi connectivity index (χ4v) is 1.94. The minimum atomic E-state index is -0.291. The van der Waals surface area contributed by atoms with Gasteiger partial charge < -0.3 is 16.2 Å². The predicted octanol–water partition coefficient (Wildman–Crippen LogP) is 2.31. The number of aliphatic hydroxyl groups is 1. The molecular formula is C14H19N3O. The summed E-state index contributed by atoms with van der Waals surface area (Å²) in [7, 11) is 0. The number of aromatic nitrogens is 1. The van der Waals surface area contributed by atoms with Gasteiger partial charge in [0, 0.05) is 40.6 Å². The zero-order chi connectivity index (χ0) is 13.1. The molecule has 1 atom stereocenters. The molecule has 0 aliphatic rings. The van der Waals surface area contributed by atoms with Crippen molar-refractivity contribution >= 4 is 22.1 Å². The van der Waals surface area contributed by atoms with Gasteiger partial charge in [-0.25, -0.2) is 0 Å². The van der Waals surface area contributed by atoms with Crippen molar-refractivity contribution in [1.82, 2.24) is 4.98 Å². The predicted molar refractivity (Wildman–Crippen MR) is 75.7 cm³/mol. The van der Waals surface area contributed by atoms with E-state index < -0.39 is 0 Å². The Balaban J connectivity index is 2.32. The zero-order valence-electron chi connectivity index (χ0n) is 10.8. The van der Waals surface area contributed by atoms with Crippen LogP contribution < -0.4 is 11.1 Å². The molecule has 2 aromatic rings. The van der Waals surface area contributed by atoms with Gasteiger partial charge in [0.1, 0.15) is 0 Å². The highest BCUT2D eigenvalue weighted by Gasteiger charge is 2.05. The fraction of sp³-hybridized carbons (Fsp3) is 0.357. The number of nitrogen functional groups attached to an aromatic ring is 1. The fourth-order valence-electron chi connectivity index (χ4n) is 1.94. The van der Waals surface area contributed by atoms with Crippen LogP contribution in [0.5, 0.6) is 0 Å². The van der Waals surface area contributed by atoms with Crippen LogP contribution in [0.2, 0.25) is 0 Å². The molecule has 1 unspecified atom stereocenters. The third kappa shape index (κ3) is 2.71. The second kappa shape index (κ2) is 5.23. The molecule has 4 heteroatoms. The maximum atomic E-state index is 9.26. The monoisotopic (exact) mass is 245 g/mol. The number of nitrogens with one attached hydrogen (secondary N) is 1. The van der Waals surface area contributed by atoms with E-state index in [1.165, 1.54) is 0 Å². The van der Waals surface area contributed by atoms with Gasteiger partial charge in [0.15, 0.2) is 0 Å². The average molecular weight is 245 g/mol. The van der Waals surface area contributed by atoms with Crippen molar-refractivity contribution in [3.8, 4) is 0 Å². The highest BCUT2D eigenvalue weighted by atomic mass is 16.3. The lowest BCUT2D eigenvalue weighted by Gasteiger charge is -2.12. The Labute approximate surface area is 107 Å². The van der Waals surface area contributed by atoms with Gasteiger partial charge in [0.25, 0.3) is 0 Å². The van der Waals surface area contributed by atoms with Crippen molar-refractivity contribution < 1.29 is 5.11 Å². The lowest BCUT2D eigenvalue weighted by atomic mass is 10.1. The number of fused-ring (bicyclic) bond motifs is 1. The summed E-state index contributed by atoms with van der Waals surface area (Å²) in [5, 5.41) is 14.6. The lowest BCUT2D eigenvalue weighted by molar-refractivity contribution is 0.189. The van der Waals surface area contributed by atoms with Gasteiger partial charge in [-0.15, -0.1) is 0 Å². The smallest absolute Gasteiger partial charge is 0.0528 e. The summed E-state index contributed by atoms with van der Waals surface area (Å²) in [5.41, 5.74) is 8.68. The number of nitrogens with zero attached hydrogens (tertiary/aromatic N) is 1. The SMILES string of the molecule is Cc1cc2c(NCCC(C)O)ccc(N)c2cn1. The van der Waals surface area contributed by atoms with Crippen LogP contribution in [0.3, 0.4) is 0 Å². The van der Waals surface area contributed by atoms with Crippen molar-refractivity contribution in [1.29, 1.82) is 0 Å². The normalized spacial score (nSPS) is 12.6. The second-order valence-corrected chi connectivity index (χ2v) is 4.64. The Morgan fingerprint density at radius 2 is 2.17 bits per heavy atom. The second-order valence-electron chi connectivity index (χ2n) is 4.64. The highest BCUT2D eigenvalue weighted by molar-refractivity contribution is 6.00. The minimum absolute atomic E-state index is 0.291. The molecular weight excluding hydrogens is 226 g/mol. The number of aryl methyl sites for hydroxylation is 1. The Morgan fingerprint density at radius 3 is 2.89 bits per heavy atom. The van der Waals surface area contributed by atoms with E-state index in [0.717, 1.165) is 40.8 Å². The molecule has 4 N–H and O–H groups in total. The molecule has 0 amide bonds. The first-order valence-electron chi connectivity index (χ1n) is 6.14. The van der Waals surface area contributed by atoms with Crippen LogP contribution in [0, 0.1) is 6.92 Å². The standard InChI is InChI=1S/C14H19N3O/c1-9-7-11-12(8-17-9)13(15)3-4-14(11)16-6-5-10(2)18/h3-4,7-8,10,16,18H,5-6,15H2,1-2H3. The third-order valence-corrected chi connectivity index (χ3v) is 2.95. The van der Waals surface area contributed by atoms with Crippen molar-refractivity contribution in [3.05, 3.63) is 30.1 Å². The summed E-state index contributed by atoms with van der Waals surface area (Å²) in [6.07, 6.45) is 2.23. The molecule has 0 aliphatic carbocycles. The summed E-state index contributed by atoms with van der Waals surface area (Å²) >= 11 is 0. The number of nitrogens with two attached hydrogens (primary N) is 1. The number of rotatable bonds is 4. The summed E-state index contributed by atoms with van der Waals surface area (Å²) in [6, 6.07) is 5.87. The highest BCUT2D eigenvalue weighted by Crippen LogP contribution is 2.28. The molecule has 1 aromatic heterocycles. The van der Waals surface area contributed by atoms with E-state index in [2.05, 4.69) is 10.3 Å². The number of pyridine rings is 1. The quantitative estimate of drug-likeness (QED) is 0.723. The maximum absolute atomic E-state index is 9.26. The molecule has 0 saturated carbocycles. The Kier molecular flexibility index (Phi) is 3.67. The van der Waals surface area contributed by atoms with Crippen LogP contribution in [0.15, 0.2) is 24.4 Å². The van der Waals surface area contributed by atoms with Gasteiger partial charge in [-0.3, -0.25) is 4.98 Å². The van der Waals surface area contributed by atoms with Gasteiger partial charge in [-0.05, 0) is 38.5 Å². The molecule has 0 bridgehead atoms. The average Bonchev–Trinajstić information content (AvgIpc) is 2.31. The summed E-state index contributed by atoms with van der Waals surface area (Å²) in [6.45, 7) is 4.48. The Morgan fingerprint density at radius 1 is 1.39 bits per heavy atom. The van der Waals surface area contributed by atoms with Crippen LogP contribution >= 0.6 is 0 Å². The molecule has 0 fully saturated rings. The number of anilines is 2. The first kappa shape index (κ1) is 12.6. The molecule has 18 heavy (non-hydrogen) atoms. The molecule has 0 saturated heterocycles. The first-order valence-corrected chi connectivity index (χ1v) is 6.14. The van der Waals surface area contributed by atoms with Crippen molar-refractivity contribution in [2.24, 2.45) is 0 Å². The number of hydrogen-bond acceptors (Lipinski definition) is 4. The molecule has 0 aliphatic heterocycles. The van der Waals surface area contributed by atoms with E-state index in [4.69, 9.17) is 5.73 Å². The van der Waals surface area contributed by atoms with Gasteiger partial charge in [-0.1, -0.05) is 0 Å². The number of benzene rings is 1. The molecule has 4 nitrogen and oxygen atoms in total. The first-order chi connectivity index (χ1) is 8.58. The minimum Gasteiger partial charge on any atom is -0.398 e. The topological polar surface area (TPSA) is 71.2 Å². The van der Waals surface area contributed by atoms with Crippen LogP contribution in [0.4, 0.5) is 11.4 Å². The zero-order valence-corrected chi connectivity index (χ0v) is 10.8. The van der Waals surface area contributed by atoms with E-state index in [0.29, 0.717) is 0 Å². The van der Waals surface area contributed by atoms with Crippen LogP contribution in [-0.2, 0) is 0 Å². The van der Waals surface area contributed by atoms with E-state index >= 15 is 0 Å². The van der Waals surface area contributed by atoms with E-state index in [9.17, 15) is 5.11 Å². The van der Waals surface area contributed by atoms with Crippen molar-refractivity contribution in [2.45, 2.75) is 26.4 Å². The van der Waals surface area contributed by atoms with Crippen LogP contribution in [0.1, 0.15) is 19.0 Å². The maximum Gasteiger partial charge on any atom is 0.0528 e. The Hall–Kier alpha value is -1.81. The van der Waals surface area contributed by atoms with Gasteiger partial charge in [0.05, 0.1) is 6.10 Å². The third-order valence-electron chi connectivity index (χ3n) is 2.95. The van der Waals surface area contributed by atoms with Crippen molar-refractivity contribution in [3.63, 3.8) is 0 Å². The Bertz CT molecular complexity index is 552. The van der Waals surface area contributed by atoms with Crippen LogP contribution in [-0.4, -0.2) is 22.7 Å². The number of aliphatic hydroxyl groups excluding tert-OH is 1. The molecule has 0 radical (unpaired) electrons. The summed E-state index contributed by atoms with van der Waals surface area (Å²) in [5.74, 6) is 0. The molecule has 2 rings (SSSR count). The largest absolute Gasteiger partial charge is 0.398 e. The van der Waals surface area contributed by atoms with Gasteiger partial charge in [0.2, 0.25) is 0 Å². The van der Waals surface area contributed by atoms with Gasteiger partial charge >= 0.3 is 0 Å². The lowest BCUT2D eigenvalue weighted by Crippen LogP contribution is -2.10. The molecule has 1 heterocycles. The van der Waals surface area contributed by atoms with E-state index in [1.54, 1.807) is 13.1 Å². The summed E-state index contributed by atoms with van der Waals surface area (Å²) in [4.78, 5) is 4.27. The van der Waals surface area contributed by atoms with Gasteiger partial charge in [-0.2, -0.15) is 0 Å². The number of hydrogen-bond donors (Lipinski definition) is 3. The molecule has 0 spiro atoms. The van der Waals surface area contributed by atoms with Crippen molar-refractivity contribution in [2.75, 3.05) is 17.6 Å². The van der Waals surface area contributed by atoms with E-state index in [-0.39, 0.29) is 6.10 Å². The van der Waals surface area contributed by atoms with E-state index in [1.807, 2.05) is 25.1 Å². The van der Waals surface area contributed by atoms with Crippen LogP contribution in [0.25, 0.3) is 10.8 Å². The molecule has 96 valence electrons. The summed E-state index contributed by atoms with van der Waals surface area (Å²) < 4.78 is 0. The molecule has 1 aromatic carbocycles.